The zero-order valence-corrected chi connectivity index (χ0v) is 16.7. The Bertz CT molecular complexity index is 868. The number of rotatable bonds is 9. The number of nitro groups is 1. The molecule has 0 aliphatic heterocycles. The van der Waals surface area contributed by atoms with Gasteiger partial charge < -0.3 is 15.4 Å². The molecular formula is C21H25N3O5. The lowest BCUT2D eigenvalue weighted by atomic mass is 10.1. The van der Waals surface area contributed by atoms with Crippen molar-refractivity contribution in [1.29, 1.82) is 0 Å². The summed E-state index contributed by atoms with van der Waals surface area (Å²) in [5, 5.41) is 16.9. The van der Waals surface area contributed by atoms with Crippen LogP contribution in [0.25, 0.3) is 0 Å². The number of nitro benzene ring substituents is 1. The second-order valence-corrected chi connectivity index (χ2v) is 7.01. The van der Waals surface area contributed by atoms with E-state index in [1.807, 2.05) is 44.2 Å². The molecule has 0 radical (unpaired) electrons. The molecule has 0 saturated heterocycles. The lowest BCUT2D eigenvalue weighted by Crippen LogP contribution is -2.37. The highest BCUT2D eigenvalue weighted by molar-refractivity contribution is 5.98. The van der Waals surface area contributed by atoms with Crippen molar-refractivity contribution in [3.05, 3.63) is 69.8 Å². The minimum absolute atomic E-state index is 0.00126. The molecule has 0 bridgehead atoms. The van der Waals surface area contributed by atoms with Gasteiger partial charge in [0, 0.05) is 30.9 Å². The standard InChI is InChI=1S/C21H25N3O5/c1-14(2)12-23-20(25)15(3)29-21(26)18-11-17(24(27)28)9-10-19(18)22-13-16-7-5-4-6-8-16/h4-11,14-15,22H,12-13H2,1-3H3,(H,23,25)/t15-/m1/s1. The van der Waals surface area contributed by atoms with E-state index in [2.05, 4.69) is 10.6 Å². The van der Waals surface area contributed by atoms with Gasteiger partial charge in [0.2, 0.25) is 0 Å². The first kappa shape index (κ1) is 21.9. The Morgan fingerprint density at radius 2 is 1.79 bits per heavy atom. The third-order valence-electron chi connectivity index (χ3n) is 4.10. The zero-order valence-electron chi connectivity index (χ0n) is 16.7. The number of benzene rings is 2. The van der Waals surface area contributed by atoms with Crippen molar-refractivity contribution in [2.75, 3.05) is 11.9 Å². The summed E-state index contributed by atoms with van der Waals surface area (Å²) in [4.78, 5) is 35.2. The number of anilines is 1. The molecule has 0 spiro atoms. The van der Waals surface area contributed by atoms with Gasteiger partial charge in [-0.2, -0.15) is 0 Å². The van der Waals surface area contributed by atoms with Crippen LogP contribution in [0.2, 0.25) is 0 Å². The van der Waals surface area contributed by atoms with Crippen LogP contribution < -0.4 is 10.6 Å². The molecule has 0 heterocycles. The maximum atomic E-state index is 12.6. The van der Waals surface area contributed by atoms with Crippen molar-refractivity contribution in [3.63, 3.8) is 0 Å². The van der Waals surface area contributed by atoms with Gasteiger partial charge in [0.15, 0.2) is 6.10 Å². The molecule has 2 N–H and O–H groups in total. The number of nitrogens with zero attached hydrogens (tertiary/aromatic N) is 1. The molecule has 2 aromatic rings. The smallest absolute Gasteiger partial charge is 0.341 e. The quantitative estimate of drug-likeness (QED) is 0.379. The Morgan fingerprint density at radius 1 is 1.10 bits per heavy atom. The molecule has 0 aliphatic carbocycles. The molecule has 154 valence electrons. The molecule has 0 unspecified atom stereocenters. The summed E-state index contributed by atoms with van der Waals surface area (Å²) in [6.45, 7) is 6.24. The summed E-state index contributed by atoms with van der Waals surface area (Å²) in [6.07, 6.45) is -1.03. The molecule has 1 atom stereocenters. The van der Waals surface area contributed by atoms with Gasteiger partial charge in [-0.25, -0.2) is 4.79 Å². The van der Waals surface area contributed by atoms with Gasteiger partial charge in [-0.15, -0.1) is 0 Å². The molecule has 29 heavy (non-hydrogen) atoms. The lowest BCUT2D eigenvalue weighted by molar-refractivity contribution is -0.384. The second kappa shape index (κ2) is 10.2. The van der Waals surface area contributed by atoms with Crippen LogP contribution in [0.15, 0.2) is 48.5 Å². The molecule has 2 rings (SSSR count). The van der Waals surface area contributed by atoms with Crippen molar-refractivity contribution in [2.24, 2.45) is 5.92 Å². The maximum absolute atomic E-state index is 12.6. The minimum atomic E-state index is -1.03. The molecule has 2 aromatic carbocycles. The monoisotopic (exact) mass is 399 g/mol. The van der Waals surface area contributed by atoms with Crippen molar-refractivity contribution in [3.8, 4) is 0 Å². The highest BCUT2D eigenvalue weighted by Crippen LogP contribution is 2.24. The normalized spacial score (nSPS) is 11.6. The highest BCUT2D eigenvalue weighted by atomic mass is 16.6. The Morgan fingerprint density at radius 3 is 2.41 bits per heavy atom. The van der Waals surface area contributed by atoms with E-state index in [1.54, 1.807) is 0 Å². The largest absolute Gasteiger partial charge is 0.449 e. The van der Waals surface area contributed by atoms with Gasteiger partial charge in [-0.3, -0.25) is 14.9 Å². The highest BCUT2D eigenvalue weighted by Gasteiger charge is 2.23. The SMILES string of the molecule is CC(C)CNC(=O)[C@@H](C)OC(=O)c1cc([N+](=O)[O-])ccc1NCc1ccccc1. The van der Waals surface area contributed by atoms with Crippen LogP contribution in [-0.2, 0) is 16.1 Å². The van der Waals surface area contributed by atoms with Gasteiger partial charge >= 0.3 is 5.97 Å². The average Bonchev–Trinajstić information content (AvgIpc) is 2.70. The topological polar surface area (TPSA) is 111 Å². The number of ether oxygens (including phenoxy) is 1. The summed E-state index contributed by atoms with van der Waals surface area (Å²) in [5.41, 5.74) is 1.13. The lowest BCUT2D eigenvalue weighted by Gasteiger charge is -2.16. The number of hydrogen-bond acceptors (Lipinski definition) is 6. The number of esters is 1. The maximum Gasteiger partial charge on any atom is 0.341 e. The summed E-state index contributed by atoms with van der Waals surface area (Å²) in [6, 6.07) is 13.4. The fourth-order valence-electron chi connectivity index (χ4n) is 2.49. The number of hydrogen-bond donors (Lipinski definition) is 2. The van der Waals surface area contributed by atoms with Crippen LogP contribution in [0.5, 0.6) is 0 Å². The van der Waals surface area contributed by atoms with E-state index in [0.717, 1.165) is 11.6 Å². The molecule has 8 nitrogen and oxygen atoms in total. The third-order valence-corrected chi connectivity index (χ3v) is 4.10. The molecule has 0 fully saturated rings. The van der Waals surface area contributed by atoms with Gasteiger partial charge in [-0.05, 0) is 24.5 Å². The van der Waals surface area contributed by atoms with Crippen LogP contribution in [-0.4, -0.2) is 29.4 Å². The Kier molecular flexibility index (Phi) is 7.70. The van der Waals surface area contributed by atoms with E-state index in [4.69, 9.17) is 4.74 Å². The number of nitrogens with one attached hydrogen (secondary N) is 2. The van der Waals surface area contributed by atoms with E-state index in [1.165, 1.54) is 19.1 Å². The van der Waals surface area contributed by atoms with Gasteiger partial charge in [0.1, 0.15) is 0 Å². The molecule has 1 amide bonds. The Hall–Kier alpha value is -3.42. The van der Waals surface area contributed by atoms with Crippen molar-refractivity contribution in [2.45, 2.75) is 33.4 Å². The van der Waals surface area contributed by atoms with Gasteiger partial charge in [0.25, 0.3) is 11.6 Å². The number of carbonyl (C=O) groups excluding carboxylic acids is 2. The predicted octanol–water partition coefficient (Wildman–Crippen LogP) is 3.52. The van der Waals surface area contributed by atoms with Crippen LogP contribution in [0.3, 0.4) is 0 Å². The first-order valence-electron chi connectivity index (χ1n) is 9.33. The van der Waals surface area contributed by atoms with Gasteiger partial charge in [-0.1, -0.05) is 44.2 Å². The number of carbonyl (C=O) groups is 2. The van der Waals surface area contributed by atoms with E-state index in [-0.39, 0.29) is 17.2 Å². The van der Waals surface area contributed by atoms with Crippen LogP contribution in [0.1, 0.15) is 36.7 Å². The van der Waals surface area contributed by atoms with Crippen LogP contribution in [0.4, 0.5) is 11.4 Å². The van der Waals surface area contributed by atoms with E-state index in [0.29, 0.717) is 18.8 Å². The van der Waals surface area contributed by atoms with Gasteiger partial charge in [0.05, 0.1) is 10.5 Å². The predicted molar refractivity (Wildman–Crippen MR) is 110 cm³/mol. The number of amides is 1. The minimum Gasteiger partial charge on any atom is -0.449 e. The summed E-state index contributed by atoms with van der Waals surface area (Å²) >= 11 is 0. The molecule has 0 saturated carbocycles. The fraction of sp³-hybridized carbons (Fsp3) is 0.333. The summed E-state index contributed by atoms with van der Waals surface area (Å²) in [7, 11) is 0. The Balaban J connectivity index is 2.16. The first-order chi connectivity index (χ1) is 13.8. The number of non-ortho nitro benzene ring substituents is 1. The second-order valence-electron chi connectivity index (χ2n) is 7.01. The van der Waals surface area contributed by atoms with E-state index in [9.17, 15) is 19.7 Å². The molecule has 0 aromatic heterocycles. The molecule has 0 aliphatic rings. The molecular weight excluding hydrogens is 374 g/mol. The van der Waals surface area contributed by atoms with E-state index >= 15 is 0 Å². The zero-order chi connectivity index (χ0) is 21.4. The van der Waals surface area contributed by atoms with Crippen LogP contribution in [0, 0.1) is 16.0 Å². The molecule has 8 heteroatoms. The van der Waals surface area contributed by atoms with Crippen molar-refractivity contribution >= 4 is 23.3 Å². The summed E-state index contributed by atoms with van der Waals surface area (Å²) in [5.74, 6) is -0.972. The van der Waals surface area contributed by atoms with Crippen molar-refractivity contribution in [1.82, 2.24) is 5.32 Å². The fourth-order valence-corrected chi connectivity index (χ4v) is 2.49. The van der Waals surface area contributed by atoms with Crippen LogP contribution >= 0.6 is 0 Å². The summed E-state index contributed by atoms with van der Waals surface area (Å²) < 4.78 is 5.24. The van der Waals surface area contributed by atoms with E-state index < -0.39 is 22.9 Å². The van der Waals surface area contributed by atoms with Crippen molar-refractivity contribution < 1.29 is 19.2 Å². The first-order valence-corrected chi connectivity index (χ1v) is 9.33. The Labute approximate surface area is 169 Å². The third kappa shape index (κ3) is 6.60. The average molecular weight is 399 g/mol.